The second kappa shape index (κ2) is 9.05. The van der Waals surface area contributed by atoms with Crippen molar-refractivity contribution in [3.05, 3.63) is 0 Å². The van der Waals surface area contributed by atoms with E-state index < -0.39 is 0 Å². The van der Waals surface area contributed by atoms with Crippen LogP contribution in [0.3, 0.4) is 0 Å². The number of unbranched alkanes of at least 4 members (excludes halogenated alkanes) is 1. The van der Waals surface area contributed by atoms with Crippen LogP contribution in [-0.4, -0.2) is 22.4 Å². The zero-order valence-electron chi connectivity index (χ0n) is 9.90. The van der Waals surface area contributed by atoms with Gasteiger partial charge < -0.3 is 10.2 Å². The molecule has 0 aliphatic rings. The normalized spacial score (nSPS) is 17.4. The smallest absolute Gasteiger partial charge is 0.0613 e. The Bertz CT molecular complexity index is 128. The summed E-state index contributed by atoms with van der Waals surface area (Å²) in [5.41, 5.74) is 0. The van der Waals surface area contributed by atoms with E-state index in [9.17, 15) is 10.2 Å². The first-order valence-corrected chi connectivity index (χ1v) is 5.36. The molecule has 0 aliphatic carbocycles. The molecule has 0 amide bonds. The van der Waals surface area contributed by atoms with Crippen molar-refractivity contribution in [3.8, 4) is 0 Å². The molecule has 14 heavy (non-hydrogen) atoms. The maximum absolute atomic E-state index is 9.71. The Labute approximate surface area is 107 Å². The summed E-state index contributed by atoms with van der Waals surface area (Å²) in [6, 6.07) is 0. The minimum absolute atomic E-state index is 0. The standard InChI is InChI=1S/C11H24O2.Sc/c1-5-6-7-10(12)9(4)11(13)8(2)3;/h8-13H,5-7H2,1-4H3;. The first-order chi connectivity index (χ1) is 6.00. The molecule has 0 fully saturated rings. The van der Waals surface area contributed by atoms with Crippen molar-refractivity contribution in [2.75, 3.05) is 0 Å². The molecule has 2 nitrogen and oxygen atoms in total. The van der Waals surface area contributed by atoms with Gasteiger partial charge in [0, 0.05) is 31.8 Å². The van der Waals surface area contributed by atoms with Crippen LogP contribution in [0, 0.1) is 11.8 Å². The molecular formula is C11H24O2Sc. The number of aliphatic hydroxyl groups excluding tert-OH is 2. The molecule has 0 aromatic rings. The monoisotopic (exact) mass is 233 g/mol. The molecule has 0 heterocycles. The van der Waals surface area contributed by atoms with E-state index in [1.54, 1.807) is 0 Å². The van der Waals surface area contributed by atoms with Crippen molar-refractivity contribution >= 4 is 0 Å². The quantitative estimate of drug-likeness (QED) is 0.738. The Balaban J connectivity index is 0. The van der Waals surface area contributed by atoms with Crippen LogP contribution in [0.1, 0.15) is 47.0 Å². The van der Waals surface area contributed by atoms with Crippen molar-refractivity contribution in [3.63, 3.8) is 0 Å². The van der Waals surface area contributed by atoms with Gasteiger partial charge in [-0.15, -0.1) is 0 Å². The van der Waals surface area contributed by atoms with Gasteiger partial charge in [-0.3, -0.25) is 0 Å². The van der Waals surface area contributed by atoms with Crippen molar-refractivity contribution in [2.45, 2.75) is 59.2 Å². The third-order valence-corrected chi connectivity index (χ3v) is 2.68. The second-order valence-corrected chi connectivity index (χ2v) is 4.30. The van der Waals surface area contributed by atoms with E-state index in [2.05, 4.69) is 6.92 Å². The summed E-state index contributed by atoms with van der Waals surface area (Å²) < 4.78 is 0. The van der Waals surface area contributed by atoms with E-state index in [0.29, 0.717) is 0 Å². The Morgan fingerprint density at radius 2 is 1.57 bits per heavy atom. The maximum Gasteiger partial charge on any atom is 0.0613 e. The van der Waals surface area contributed by atoms with E-state index in [0.717, 1.165) is 19.3 Å². The van der Waals surface area contributed by atoms with Gasteiger partial charge in [0.25, 0.3) is 0 Å². The maximum atomic E-state index is 9.71. The summed E-state index contributed by atoms with van der Waals surface area (Å²) in [5.74, 6) is 0.220. The van der Waals surface area contributed by atoms with Crippen LogP contribution < -0.4 is 0 Å². The largest absolute Gasteiger partial charge is 0.393 e. The van der Waals surface area contributed by atoms with Crippen LogP contribution >= 0.6 is 0 Å². The number of aliphatic hydroxyl groups is 2. The van der Waals surface area contributed by atoms with Crippen LogP contribution in [0.5, 0.6) is 0 Å². The molecule has 0 bridgehead atoms. The Morgan fingerprint density at radius 1 is 1.07 bits per heavy atom. The molecule has 0 saturated carbocycles. The predicted octanol–water partition coefficient (Wildman–Crippen LogP) is 2.19. The molecule has 1 radical (unpaired) electrons. The van der Waals surface area contributed by atoms with Crippen LogP contribution in [0.2, 0.25) is 0 Å². The van der Waals surface area contributed by atoms with Crippen LogP contribution in [0.15, 0.2) is 0 Å². The summed E-state index contributed by atoms with van der Waals surface area (Å²) >= 11 is 0. The number of hydrogen-bond donors (Lipinski definition) is 2. The van der Waals surface area contributed by atoms with E-state index in [1.165, 1.54) is 0 Å². The van der Waals surface area contributed by atoms with Gasteiger partial charge in [0.1, 0.15) is 0 Å². The number of hydrogen-bond acceptors (Lipinski definition) is 2. The Kier molecular flexibility index (Phi) is 11.1. The van der Waals surface area contributed by atoms with E-state index in [-0.39, 0.29) is 49.9 Å². The van der Waals surface area contributed by atoms with Gasteiger partial charge in [0.05, 0.1) is 12.2 Å². The molecule has 0 aromatic carbocycles. The fourth-order valence-corrected chi connectivity index (χ4v) is 1.51. The fourth-order valence-electron chi connectivity index (χ4n) is 1.51. The van der Waals surface area contributed by atoms with Crippen LogP contribution in [-0.2, 0) is 25.8 Å². The van der Waals surface area contributed by atoms with Gasteiger partial charge in [0.15, 0.2) is 0 Å². The Hall–Kier alpha value is 0.790. The summed E-state index contributed by atoms with van der Waals surface area (Å²) in [6.07, 6.45) is 2.21. The zero-order chi connectivity index (χ0) is 10.4. The molecule has 83 valence electrons. The summed E-state index contributed by atoms with van der Waals surface area (Å²) in [6.45, 7) is 7.99. The minimum Gasteiger partial charge on any atom is -0.393 e. The molecule has 3 heteroatoms. The van der Waals surface area contributed by atoms with E-state index in [1.807, 2.05) is 20.8 Å². The molecule has 0 aromatic heterocycles. The van der Waals surface area contributed by atoms with Gasteiger partial charge in [-0.05, 0) is 12.3 Å². The van der Waals surface area contributed by atoms with E-state index >= 15 is 0 Å². The van der Waals surface area contributed by atoms with Gasteiger partial charge >= 0.3 is 0 Å². The van der Waals surface area contributed by atoms with Crippen LogP contribution in [0.4, 0.5) is 0 Å². The average molecular weight is 233 g/mol. The molecule has 0 aliphatic heterocycles. The molecule has 2 N–H and O–H groups in total. The van der Waals surface area contributed by atoms with E-state index in [4.69, 9.17) is 0 Å². The van der Waals surface area contributed by atoms with Gasteiger partial charge in [-0.25, -0.2) is 0 Å². The zero-order valence-corrected chi connectivity index (χ0v) is 11.7. The van der Waals surface area contributed by atoms with Crippen LogP contribution in [0.25, 0.3) is 0 Å². The molecule has 3 atom stereocenters. The second-order valence-electron chi connectivity index (χ2n) is 4.30. The topological polar surface area (TPSA) is 40.5 Å². The predicted molar refractivity (Wildman–Crippen MR) is 55.5 cm³/mol. The molecule has 0 spiro atoms. The SMILES string of the molecule is CCCCC(O)C(C)C(O)C(C)C.[Sc]. The molecule has 0 saturated heterocycles. The molecule has 0 rings (SSSR count). The van der Waals surface area contributed by atoms with Crippen molar-refractivity contribution in [1.82, 2.24) is 0 Å². The fraction of sp³-hybridized carbons (Fsp3) is 1.00. The van der Waals surface area contributed by atoms with Crippen molar-refractivity contribution in [2.24, 2.45) is 11.8 Å². The summed E-state index contributed by atoms with van der Waals surface area (Å²) in [7, 11) is 0. The first kappa shape index (κ1) is 17.2. The molecule has 3 unspecified atom stereocenters. The summed E-state index contributed by atoms with van der Waals surface area (Å²) in [4.78, 5) is 0. The van der Waals surface area contributed by atoms with Crippen molar-refractivity contribution in [1.29, 1.82) is 0 Å². The van der Waals surface area contributed by atoms with Gasteiger partial charge in [-0.2, -0.15) is 0 Å². The number of rotatable bonds is 6. The van der Waals surface area contributed by atoms with Gasteiger partial charge in [-0.1, -0.05) is 40.5 Å². The third kappa shape index (κ3) is 6.31. The molecular weight excluding hydrogens is 209 g/mol. The Morgan fingerprint density at radius 3 is 1.93 bits per heavy atom. The third-order valence-electron chi connectivity index (χ3n) is 2.68. The van der Waals surface area contributed by atoms with Crippen molar-refractivity contribution < 1.29 is 36.1 Å². The minimum atomic E-state index is -0.383. The first-order valence-electron chi connectivity index (χ1n) is 5.36. The van der Waals surface area contributed by atoms with Gasteiger partial charge in [0.2, 0.25) is 0 Å². The summed E-state index contributed by atoms with van der Waals surface area (Å²) in [5, 5.41) is 19.4. The average Bonchev–Trinajstić information content (AvgIpc) is 2.11.